The smallest absolute Gasteiger partial charge is 0.337 e. The van der Waals surface area contributed by atoms with E-state index in [4.69, 9.17) is 0 Å². The Hall–Kier alpha value is -2.10. The van der Waals surface area contributed by atoms with Gasteiger partial charge in [0, 0.05) is 23.9 Å². The van der Waals surface area contributed by atoms with Crippen molar-refractivity contribution in [2.45, 2.75) is 32.1 Å². The van der Waals surface area contributed by atoms with Gasteiger partial charge in [0.25, 0.3) is 0 Å². The molecule has 1 aliphatic rings. The molecule has 0 heterocycles. The monoisotopic (exact) mass is 273 g/mol. The summed E-state index contributed by atoms with van der Waals surface area (Å²) in [4.78, 5) is 23.2. The van der Waals surface area contributed by atoms with E-state index in [-0.39, 0.29) is 11.8 Å². The molecule has 1 N–H and O–H groups in total. The Morgan fingerprint density at radius 2 is 1.85 bits per heavy atom. The van der Waals surface area contributed by atoms with Crippen LogP contribution in [0.25, 0.3) is 0 Å². The maximum atomic E-state index is 11.8. The van der Waals surface area contributed by atoms with Gasteiger partial charge in [0.1, 0.15) is 0 Å². The summed E-state index contributed by atoms with van der Waals surface area (Å²) in [6.07, 6.45) is 6.46. The lowest BCUT2D eigenvalue weighted by Gasteiger charge is -2.05. The summed E-state index contributed by atoms with van der Waals surface area (Å²) in [7, 11) is 1.36. The summed E-state index contributed by atoms with van der Waals surface area (Å²) in [5.41, 5.74) is 2.22. The van der Waals surface area contributed by atoms with Gasteiger partial charge < -0.3 is 10.1 Å². The van der Waals surface area contributed by atoms with E-state index in [9.17, 15) is 9.59 Å². The number of ketones is 1. The van der Waals surface area contributed by atoms with Crippen LogP contribution in [0.1, 0.15) is 42.5 Å². The second kappa shape index (κ2) is 6.89. The molecule has 0 atom stereocenters. The molecule has 1 aromatic carbocycles. The Bertz CT molecular complexity index is 517. The summed E-state index contributed by atoms with van der Waals surface area (Å²) < 4.78 is 4.64. The zero-order valence-electron chi connectivity index (χ0n) is 11.6. The van der Waals surface area contributed by atoms with E-state index < -0.39 is 0 Å². The maximum Gasteiger partial charge on any atom is 0.337 e. The summed E-state index contributed by atoms with van der Waals surface area (Å²) in [5.74, 6) is -0.116. The first-order valence-electron chi connectivity index (χ1n) is 6.88. The van der Waals surface area contributed by atoms with Crippen molar-refractivity contribution in [1.29, 1.82) is 0 Å². The fourth-order valence-electron chi connectivity index (χ4n) is 2.22. The van der Waals surface area contributed by atoms with E-state index in [0.717, 1.165) is 36.9 Å². The number of hydrogen-bond acceptors (Lipinski definition) is 4. The van der Waals surface area contributed by atoms with Crippen LogP contribution in [0.15, 0.2) is 36.0 Å². The lowest BCUT2D eigenvalue weighted by molar-refractivity contribution is -0.115. The lowest BCUT2D eigenvalue weighted by atomic mass is 10.1. The fraction of sp³-hybridized carbons (Fsp3) is 0.375. The van der Waals surface area contributed by atoms with Crippen molar-refractivity contribution >= 4 is 17.4 Å². The van der Waals surface area contributed by atoms with Gasteiger partial charge >= 0.3 is 5.97 Å². The van der Waals surface area contributed by atoms with Gasteiger partial charge in [-0.05, 0) is 43.5 Å². The van der Waals surface area contributed by atoms with Gasteiger partial charge in [-0.3, -0.25) is 4.79 Å². The zero-order valence-corrected chi connectivity index (χ0v) is 11.6. The summed E-state index contributed by atoms with van der Waals surface area (Å²) >= 11 is 0. The van der Waals surface area contributed by atoms with Gasteiger partial charge in [-0.15, -0.1) is 0 Å². The van der Waals surface area contributed by atoms with Crippen molar-refractivity contribution in [3.63, 3.8) is 0 Å². The van der Waals surface area contributed by atoms with Gasteiger partial charge in [0.15, 0.2) is 5.78 Å². The first-order chi connectivity index (χ1) is 9.70. The number of nitrogens with one attached hydrogen (secondary N) is 1. The van der Waals surface area contributed by atoms with Crippen LogP contribution in [-0.2, 0) is 9.53 Å². The average Bonchev–Trinajstić information content (AvgIpc) is 2.69. The molecule has 4 heteroatoms. The van der Waals surface area contributed by atoms with Crippen molar-refractivity contribution in [3.05, 3.63) is 41.6 Å². The highest BCUT2D eigenvalue weighted by molar-refractivity contribution is 5.95. The van der Waals surface area contributed by atoms with Crippen molar-refractivity contribution in [1.82, 2.24) is 0 Å². The number of anilines is 1. The summed E-state index contributed by atoms with van der Waals surface area (Å²) in [6.45, 7) is 0. The standard InChI is InChI=1S/C16H19NO3/c1-20-16(19)12-7-9-14(10-8-12)17-11-13-5-3-2-4-6-15(13)18/h7-11,17H,2-6H2,1H3/b13-11+. The molecule has 0 unspecified atom stereocenters. The van der Waals surface area contributed by atoms with Gasteiger partial charge in [0.2, 0.25) is 0 Å². The molecule has 106 valence electrons. The molecule has 1 aromatic rings. The predicted octanol–water partition coefficient (Wildman–Crippen LogP) is 3.30. The first kappa shape index (κ1) is 14.3. The van der Waals surface area contributed by atoms with E-state index in [1.807, 2.05) is 0 Å². The quantitative estimate of drug-likeness (QED) is 0.521. The molecule has 1 saturated carbocycles. The second-order valence-corrected chi connectivity index (χ2v) is 4.87. The van der Waals surface area contributed by atoms with Crippen LogP contribution in [0.3, 0.4) is 0 Å². The molecular formula is C16H19NO3. The SMILES string of the molecule is COC(=O)c1ccc(N/C=C2\CCCCCC2=O)cc1. The zero-order chi connectivity index (χ0) is 14.4. The van der Waals surface area contributed by atoms with Crippen LogP contribution in [0.4, 0.5) is 5.69 Å². The number of esters is 1. The van der Waals surface area contributed by atoms with Gasteiger partial charge in [-0.25, -0.2) is 4.79 Å². The molecule has 0 bridgehead atoms. The molecule has 2 rings (SSSR count). The molecule has 0 aromatic heterocycles. The van der Waals surface area contributed by atoms with Crippen molar-refractivity contribution in [2.75, 3.05) is 12.4 Å². The van der Waals surface area contributed by atoms with Gasteiger partial charge in [-0.1, -0.05) is 6.42 Å². The highest BCUT2D eigenvalue weighted by Crippen LogP contribution is 2.19. The van der Waals surface area contributed by atoms with E-state index in [0.29, 0.717) is 12.0 Å². The van der Waals surface area contributed by atoms with Crippen LogP contribution in [0, 0.1) is 0 Å². The third kappa shape index (κ3) is 3.70. The predicted molar refractivity (Wildman–Crippen MR) is 77.6 cm³/mol. The van der Waals surface area contributed by atoms with Crippen LogP contribution >= 0.6 is 0 Å². The van der Waals surface area contributed by atoms with Crippen LogP contribution < -0.4 is 5.32 Å². The van der Waals surface area contributed by atoms with Gasteiger partial charge in [-0.2, -0.15) is 0 Å². The van der Waals surface area contributed by atoms with E-state index >= 15 is 0 Å². The number of carbonyl (C=O) groups excluding carboxylic acids is 2. The van der Waals surface area contributed by atoms with E-state index in [1.54, 1.807) is 30.5 Å². The Balaban J connectivity index is 2.02. The Morgan fingerprint density at radius 3 is 2.55 bits per heavy atom. The second-order valence-electron chi connectivity index (χ2n) is 4.87. The number of hydrogen-bond donors (Lipinski definition) is 1. The average molecular weight is 273 g/mol. The van der Waals surface area contributed by atoms with Crippen LogP contribution in [0.2, 0.25) is 0 Å². The highest BCUT2D eigenvalue weighted by Gasteiger charge is 2.13. The Labute approximate surface area is 118 Å². The molecule has 0 amide bonds. The van der Waals surface area contributed by atoms with Crippen LogP contribution in [-0.4, -0.2) is 18.9 Å². The Morgan fingerprint density at radius 1 is 1.15 bits per heavy atom. The molecule has 0 aliphatic heterocycles. The number of allylic oxidation sites excluding steroid dienone is 1. The fourth-order valence-corrected chi connectivity index (χ4v) is 2.22. The van der Waals surface area contributed by atoms with E-state index in [2.05, 4.69) is 10.1 Å². The maximum absolute atomic E-state index is 11.8. The Kier molecular flexibility index (Phi) is 4.93. The lowest BCUT2D eigenvalue weighted by Crippen LogP contribution is -2.03. The largest absolute Gasteiger partial charge is 0.465 e. The minimum Gasteiger partial charge on any atom is -0.465 e. The number of Topliss-reactive ketones (excluding diaryl/α,β-unsaturated/α-hetero) is 1. The highest BCUT2D eigenvalue weighted by atomic mass is 16.5. The molecule has 1 aliphatic carbocycles. The molecule has 0 saturated heterocycles. The number of rotatable bonds is 3. The third-order valence-electron chi connectivity index (χ3n) is 3.43. The summed E-state index contributed by atoms with van der Waals surface area (Å²) in [5, 5.41) is 3.12. The normalized spacial score (nSPS) is 17.6. The van der Waals surface area contributed by atoms with Crippen LogP contribution in [0.5, 0.6) is 0 Å². The molecule has 4 nitrogen and oxygen atoms in total. The number of methoxy groups -OCH3 is 1. The molecular weight excluding hydrogens is 254 g/mol. The number of benzene rings is 1. The number of carbonyl (C=O) groups is 2. The third-order valence-corrected chi connectivity index (χ3v) is 3.43. The summed E-state index contributed by atoms with van der Waals surface area (Å²) in [6, 6.07) is 6.98. The van der Waals surface area contributed by atoms with Crippen molar-refractivity contribution < 1.29 is 14.3 Å². The van der Waals surface area contributed by atoms with Gasteiger partial charge in [0.05, 0.1) is 12.7 Å². The molecule has 1 fully saturated rings. The topological polar surface area (TPSA) is 55.4 Å². The van der Waals surface area contributed by atoms with E-state index in [1.165, 1.54) is 7.11 Å². The minimum absolute atomic E-state index is 0.237. The molecule has 20 heavy (non-hydrogen) atoms. The molecule has 0 radical (unpaired) electrons. The number of ether oxygens (including phenoxy) is 1. The first-order valence-corrected chi connectivity index (χ1v) is 6.88. The molecule has 0 spiro atoms. The van der Waals surface area contributed by atoms with Crippen molar-refractivity contribution in [2.24, 2.45) is 0 Å². The van der Waals surface area contributed by atoms with Crippen molar-refractivity contribution in [3.8, 4) is 0 Å². The minimum atomic E-state index is -0.353.